The molecular weight excluding hydrogens is 500 g/mol. The van der Waals surface area contributed by atoms with Crippen LogP contribution in [-0.2, 0) is 48.9 Å². The molecule has 0 radical (unpaired) electrons. The molecule has 3 aromatic carbocycles. The molecule has 5 aromatic rings. The molecule has 0 saturated carbocycles. The summed E-state index contributed by atoms with van der Waals surface area (Å²) in [6, 6.07) is 24.8. The summed E-state index contributed by atoms with van der Waals surface area (Å²) in [6.45, 7) is 7.99. The van der Waals surface area contributed by atoms with Gasteiger partial charge < -0.3 is 9.47 Å². The Labute approximate surface area is 235 Å². The second kappa shape index (κ2) is 12.9. The summed E-state index contributed by atoms with van der Waals surface area (Å²) >= 11 is 0. The zero-order valence-corrected chi connectivity index (χ0v) is 23.1. The van der Waals surface area contributed by atoms with E-state index in [1.807, 2.05) is 43.3 Å². The van der Waals surface area contributed by atoms with Crippen LogP contribution in [0.4, 0.5) is 4.79 Å². The van der Waals surface area contributed by atoms with E-state index in [-0.39, 0.29) is 13.2 Å². The van der Waals surface area contributed by atoms with Crippen LogP contribution in [-0.4, -0.2) is 15.3 Å². The maximum Gasteiger partial charge on any atom is 0.508 e. The number of aromatic nitrogens is 4. The van der Waals surface area contributed by atoms with E-state index in [0.717, 1.165) is 37.3 Å². The number of imidazole rings is 2. The van der Waals surface area contributed by atoms with Crippen LogP contribution in [0.5, 0.6) is 0 Å². The average molecular weight is 537 g/mol. The molecule has 0 aliphatic carbocycles. The minimum atomic E-state index is -0.665. The molecule has 2 heterocycles. The van der Waals surface area contributed by atoms with Crippen molar-refractivity contribution in [2.24, 2.45) is 0 Å². The monoisotopic (exact) mass is 536 g/mol. The van der Waals surface area contributed by atoms with Crippen LogP contribution < -0.4 is 9.13 Å². The third kappa shape index (κ3) is 7.69. The van der Waals surface area contributed by atoms with Gasteiger partial charge in [-0.25, -0.2) is 23.1 Å². The standard InChI is InChI=1S/C33H36N4O3/c1-3-34-16-17-35(25-34)20-28-8-10-29(11-9-28)21-36-18-19-37(26-36)22-30-12-14-32(15-13-30)24-40-33(38)39-23-31-6-4-27(2)5-7-31/h4-19,25-26H,3,20-24H2,1-2H3/q+2. The molecule has 0 fully saturated rings. The maximum atomic E-state index is 11.9. The van der Waals surface area contributed by atoms with Crippen LogP contribution in [0, 0.1) is 6.92 Å². The third-order valence-electron chi connectivity index (χ3n) is 6.83. The Kier molecular flexibility index (Phi) is 8.71. The lowest BCUT2D eigenvalue weighted by atomic mass is 10.1. The van der Waals surface area contributed by atoms with E-state index >= 15 is 0 Å². The van der Waals surface area contributed by atoms with Crippen LogP contribution in [0.25, 0.3) is 0 Å². The van der Waals surface area contributed by atoms with Gasteiger partial charge in [-0.15, -0.1) is 0 Å². The fourth-order valence-corrected chi connectivity index (χ4v) is 4.48. The second-order valence-corrected chi connectivity index (χ2v) is 10.1. The number of hydrogen-bond acceptors (Lipinski definition) is 3. The average Bonchev–Trinajstić information content (AvgIpc) is 3.62. The lowest BCUT2D eigenvalue weighted by Gasteiger charge is -2.07. The minimum absolute atomic E-state index is 0.180. The maximum absolute atomic E-state index is 11.9. The molecule has 0 amide bonds. The number of carbonyl (C=O) groups excluding carboxylic acids is 1. The summed E-state index contributed by atoms with van der Waals surface area (Å²) in [5.41, 5.74) is 6.75. The highest BCUT2D eigenvalue weighted by Crippen LogP contribution is 2.10. The summed E-state index contributed by atoms with van der Waals surface area (Å²) in [6.07, 6.45) is 12.0. The van der Waals surface area contributed by atoms with Crippen molar-refractivity contribution in [2.45, 2.75) is 53.2 Å². The van der Waals surface area contributed by atoms with Gasteiger partial charge in [0.05, 0.1) is 6.54 Å². The van der Waals surface area contributed by atoms with Gasteiger partial charge >= 0.3 is 6.16 Å². The van der Waals surface area contributed by atoms with E-state index in [1.165, 1.54) is 22.3 Å². The van der Waals surface area contributed by atoms with Gasteiger partial charge in [-0.2, -0.15) is 0 Å². The zero-order valence-electron chi connectivity index (χ0n) is 23.1. The molecule has 7 nitrogen and oxygen atoms in total. The molecular formula is C33H36N4O3+2. The lowest BCUT2D eigenvalue weighted by molar-refractivity contribution is -0.688. The minimum Gasteiger partial charge on any atom is -0.429 e. The van der Waals surface area contributed by atoms with Crippen molar-refractivity contribution in [3.63, 3.8) is 0 Å². The van der Waals surface area contributed by atoms with Crippen LogP contribution in [0.15, 0.2) is 110 Å². The third-order valence-corrected chi connectivity index (χ3v) is 6.83. The molecule has 0 spiro atoms. The number of aryl methyl sites for hydroxylation is 2. The highest BCUT2D eigenvalue weighted by atomic mass is 16.7. The van der Waals surface area contributed by atoms with Crippen molar-refractivity contribution >= 4 is 6.16 Å². The first-order valence-electron chi connectivity index (χ1n) is 13.6. The highest BCUT2D eigenvalue weighted by Gasteiger charge is 2.09. The smallest absolute Gasteiger partial charge is 0.429 e. The van der Waals surface area contributed by atoms with Crippen molar-refractivity contribution in [1.29, 1.82) is 0 Å². The van der Waals surface area contributed by atoms with Gasteiger partial charge in [-0.3, -0.25) is 0 Å². The van der Waals surface area contributed by atoms with E-state index in [1.54, 1.807) is 0 Å². The van der Waals surface area contributed by atoms with Gasteiger partial charge in [0.15, 0.2) is 0 Å². The van der Waals surface area contributed by atoms with E-state index in [0.29, 0.717) is 0 Å². The largest absolute Gasteiger partial charge is 0.508 e. The summed E-state index contributed by atoms with van der Waals surface area (Å²) in [4.78, 5) is 11.9. The molecule has 0 saturated heterocycles. The van der Waals surface area contributed by atoms with Gasteiger partial charge in [0.2, 0.25) is 12.7 Å². The molecule has 5 rings (SSSR count). The topological polar surface area (TPSA) is 53.2 Å². The van der Waals surface area contributed by atoms with Crippen LogP contribution >= 0.6 is 0 Å². The number of nitrogens with zero attached hydrogens (tertiary/aromatic N) is 4. The van der Waals surface area contributed by atoms with E-state index < -0.39 is 6.16 Å². The summed E-state index contributed by atoms with van der Waals surface area (Å²) in [5, 5.41) is 0. The Hall–Kier alpha value is -4.65. The number of carbonyl (C=O) groups is 1. The Morgan fingerprint density at radius 3 is 1.62 bits per heavy atom. The summed E-state index contributed by atoms with van der Waals surface area (Å²) < 4.78 is 19.2. The Balaban J connectivity index is 1.06. The normalized spacial score (nSPS) is 10.9. The predicted molar refractivity (Wildman–Crippen MR) is 151 cm³/mol. The lowest BCUT2D eigenvalue weighted by Crippen LogP contribution is -2.32. The predicted octanol–water partition coefficient (Wildman–Crippen LogP) is 5.19. The van der Waals surface area contributed by atoms with Gasteiger partial charge in [0, 0.05) is 0 Å². The molecule has 7 heteroatoms. The Bertz CT molecular complexity index is 1520. The summed E-state index contributed by atoms with van der Waals surface area (Å²) in [7, 11) is 0. The molecule has 0 aliphatic heterocycles. The molecule has 204 valence electrons. The van der Waals surface area contributed by atoms with Crippen molar-refractivity contribution < 1.29 is 23.4 Å². The Morgan fingerprint density at radius 2 is 1.10 bits per heavy atom. The SMILES string of the molecule is CCn1cc[n+](Cc2ccc(C[n+]3ccn(Cc4ccc(COC(=O)OCc5ccc(C)cc5)cc4)c3)cc2)c1. The molecule has 40 heavy (non-hydrogen) atoms. The van der Waals surface area contributed by atoms with Gasteiger partial charge in [0.1, 0.15) is 57.6 Å². The molecule has 0 unspecified atom stereocenters. The summed E-state index contributed by atoms with van der Waals surface area (Å²) in [5.74, 6) is 0. The van der Waals surface area contributed by atoms with E-state index in [2.05, 4.69) is 99.0 Å². The van der Waals surface area contributed by atoms with Gasteiger partial charge in [0.25, 0.3) is 0 Å². The van der Waals surface area contributed by atoms with Crippen molar-refractivity contribution in [1.82, 2.24) is 9.13 Å². The second-order valence-electron chi connectivity index (χ2n) is 10.1. The van der Waals surface area contributed by atoms with E-state index in [4.69, 9.17) is 9.47 Å². The zero-order chi connectivity index (χ0) is 27.7. The van der Waals surface area contributed by atoms with Crippen LogP contribution in [0.1, 0.15) is 40.3 Å². The van der Waals surface area contributed by atoms with E-state index in [9.17, 15) is 4.79 Å². The number of rotatable bonds is 11. The van der Waals surface area contributed by atoms with Crippen LogP contribution in [0.2, 0.25) is 0 Å². The molecule has 0 bridgehead atoms. The van der Waals surface area contributed by atoms with Crippen molar-refractivity contribution in [3.05, 3.63) is 144 Å². The van der Waals surface area contributed by atoms with Crippen LogP contribution in [0.3, 0.4) is 0 Å². The fourth-order valence-electron chi connectivity index (χ4n) is 4.48. The first-order valence-corrected chi connectivity index (χ1v) is 13.6. The number of benzene rings is 3. The first kappa shape index (κ1) is 26.9. The quantitative estimate of drug-likeness (QED) is 0.172. The number of ether oxygens (including phenoxy) is 2. The fraction of sp³-hybridized carbons (Fsp3) is 0.242. The molecule has 0 N–H and O–H groups in total. The Morgan fingerprint density at radius 1 is 0.650 bits per heavy atom. The van der Waals surface area contributed by atoms with Crippen molar-refractivity contribution in [2.75, 3.05) is 0 Å². The first-order chi connectivity index (χ1) is 19.5. The van der Waals surface area contributed by atoms with Crippen molar-refractivity contribution in [3.8, 4) is 0 Å². The molecule has 2 aromatic heterocycles. The molecule has 0 atom stereocenters. The number of hydrogen-bond donors (Lipinski definition) is 0. The van der Waals surface area contributed by atoms with Gasteiger partial charge in [-0.1, -0.05) is 78.4 Å². The highest BCUT2D eigenvalue weighted by molar-refractivity contribution is 5.60. The molecule has 0 aliphatic rings. The van der Waals surface area contributed by atoms with Gasteiger partial charge in [-0.05, 0) is 41.7 Å².